The molecular weight excluding hydrogens is 396 g/mol. The minimum Gasteiger partial charge on any atom is -0.376 e. The van der Waals surface area contributed by atoms with Crippen molar-refractivity contribution in [2.45, 2.75) is 68.1 Å². The molecule has 3 aliphatic heterocycles. The van der Waals surface area contributed by atoms with E-state index in [4.69, 9.17) is 9.47 Å². The van der Waals surface area contributed by atoms with Crippen LogP contribution in [0.1, 0.15) is 44.3 Å². The lowest BCUT2D eigenvalue weighted by molar-refractivity contribution is -0.171. The average Bonchev–Trinajstić information content (AvgIpc) is 3.25. The first kappa shape index (κ1) is 19.5. The summed E-state index contributed by atoms with van der Waals surface area (Å²) < 4.78 is 40.7. The first-order valence-electron chi connectivity index (χ1n) is 10.6. The number of carbonyl (C=O) groups is 1. The number of aromatic nitrogens is 2. The zero-order valence-electron chi connectivity index (χ0n) is 16.5. The maximum atomic E-state index is 12.8. The highest BCUT2D eigenvalue weighted by atomic mass is 32.2. The molecule has 9 nitrogen and oxygen atoms in total. The monoisotopic (exact) mass is 424 g/mol. The molecule has 1 aliphatic carbocycles. The number of hydrogen-bond acceptors (Lipinski definition) is 6. The minimum atomic E-state index is -3.20. The van der Waals surface area contributed by atoms with Gasteiger partial charge in [0.2, 0.25) is 10.0 Å². The van der Waals surface area contributed by atoms with Crippen molar-refractivity contribution >= 4 is 15.9 Å². The van der Waals surface area contributed by atoms with Gasteiger partial charge in [-0.2, -0.15) is 0 Å². The van der Waals surface area contributed by atoms with Crippen LogP contribution in [0.4, 0.5) is 0 Å². The van der Waals surface area contributed by atoms with Crippen LogP contribution >= 0.6 is 0 Å². The number of fused-ring (bicyclic) bond motifs is 2. The third-order valence-corrected chi connectivity index (χ3v) is 8.91. The molecule has 0 unspecified atom stereocenters. The third-order valence-electron chi connectivity index (χ3n) is 6.51. The summed E-state index contributed by atoms with van der Waals surface area (Å²) in [6.45, 7) is 2.46. The van der Waals surface area contributed by atoms with Crippen molar-refractivity contribution in [1.82, 2.24) is 19.2 Å². The molecule has 0 aromatic carbocycles. The van der Waals surface area contributed by atoms with Crippen molar-refractivity contribution in [2.24, 2.45) is 0 Å². The van der Waals surface area contributed by atoms with Crippen LogP contribution in [0.5, 0.6) is 0 Å². The molecule has 5 rings (SSSR count). The topological polar surface area (TPSA) is 103 Å². The highest BCUT2D eigenvalue weighted by Crippen LogP contribution is 2.42. The van der Waals surface area contributed by atoms with Gasteiger partial charge in [0, 0.05) is 38.6 Å². The molecule has 29 heavy (non-hydrogen) atoms. The summed E-state index contributed by atoms with van der Waals surface area (Å²) in [4.78, 5) is 17.3. The van der Waals surface area contributed by atoms with Gasteiger partial charge in [0.1, 0.15) is 11.4 Å². The molecule has 2 atom stereocenters. The van der Waals surface area contributed by atoms with Gasteiger partial charge in [-0.15, -0.1) is 0 Å². The van der Waals surface area contributed by atoms with Gasteiger partial charge < -0.3 is 19.4 Å². The van der Waals surface area contributed by atoms with Gasteiger partial charge in [-0.25, -0.2) is 17.7 Å². The largest absolute Gasteiger partial charge is 0.376 e. The number of carbonyl (C=O) groups excluding carboxylic acids is 1. The number of nitrogens with one attached hydrogen (secondary N) is 1. The molecule has 3 fully saturated rings. The second kappa shape index (κ2) is 7.33. The van der Waals surface area contributed by atoms with Gasteiger partial charge >= 0.3 is 0 Å². The smallest absolute Gasteiger partial charge is 0.251 e. The first-order valence-corrected chi connectivity index (χ1v) is 12.1. The minimum absolute atomic E-state index is 0.0798. The van der Waals surface area contributed by atoms with Gasteiger partial charge in [-0.05, 0) is 38.5 Å². The van der Waals surface area contributed by atoms with E-state index >= 15 is 0 Å². The summed E-state index contributed by atoms with van der Waals surface area (Å²) in [5.41, 5.74) is -0.719. The Balaban J connectivity index is 1.29. The Labute approximate surface area is 170 Å². The highest BCUT2D eigenvalue weighted by Gasteiger charge is 2.50. The van der Waals surface area contributed by atoms with Crippen LogP contribution in [-0.2, 0) is 36.4 Å². The predicted octanol–water partition coefficient (Wildman–Crippen LogP) is 0.360. The summed E-state index contributed by atoms with van der Waals surface area (Å²) in [5, 5.41) is 2.76. The SMILES string of the molecule is O=C(NC[C@H]1CCCO1)[C@H]1Cn2ccnc2C2(CCN(S(=O)(=O)C3CC3)CC2)O1. The number of nitrogens with zero attached hydrogens (tertiary/aromatic N) is 3. The van der Waals surface area contributed by atoms with E-state index in [1.165, 1.54) is 0 Å². The summed E-state index contributed by atoms with van der Waals surface area (Å²) in [6.07, 6.45) is 7.58. The number of ether oxygens (including phenoxy) is 2. The Hall–Kier alpha value is -1.49. The van der Waals surface area contributed by atoms with Gasteiger partial charge in [0.15, 0.2) is 6.10 Å². The second-order valence-electron chi connectivity index (χ2n) is 8.53. The van der Waals surface area contributed by atoms with Gasteiger partial charge in [-0.1, -0.05) is 0 Å². The molecule has 1 aromatic heterocycles. The molecule has 1 N–H and O–H groups in total. The zero-order valence-corrected chi connectivity index (χ0v) is 17.3. The normalized spacial score (nSPS) is 29.7. The van der Waals surface area contributed by atoms with Crippen molar-refractivity contribution in [3.8, 4) is 0 Å². The van der Waals surface area contributed by atoms with Crippen LogP contribution in [-0.4, -0.2) is 71.9 Å². The number of imidazole rings is 1. The maximum Gasteiger partial charge on any atom is 0.251 e. The van der Waals surface area contributed by atoms with Crippen molar-refractivity contribution in [1.29, 1.82) is 0 Å². The van der Waals surface area contributed by atoms with Crippen LogP contribution in [0, 0.1) is 0 Å². The first-order chi connectivity index (χ1) is 14.0. The molecule has 1 amide bonds. The van der Waals surface area contributed by atoms with Crippen LogP contribution in [0.2, 0.25) is 0 Å². The van der Waals surface area contributed by atoms with Crippen LogP contribution in [0.15, 0.2) is 12.4 Å². The molecule has 1 spiro atoms. The number of sulfonamides is 1. The molecule has 160 valence electrons. The fourth-order valence-electron chi connectivity index (χ4n) is 4.69. The highest BCUT2D eigenvalue weighted by molar-refractivity contribution is 7.90. The van der Waals surface area contributed by atoms with E-state index in [2.05, 4.69) is 10.3 Å². The molecular formula is C19H28N4O5S. The van der Waals surface area contributed by atoms with Gasteiger partial charge in [0.05, 0.1) is 17.9 Å². The summed E-state index contributed by atoms with van der Waals surface area (Å²) in [5.74, 6) is 0.649. The maximum absolute atomic E-state index is 12.8. The van der Waals surface area contributed by atoms with Crippen LogP contribution in [0.3, 0.4) is 0 Å². The molecule has 4 heterocycles. The fraction of sp³-hybridized carbons (Fsp3) is 0.789. The summed E-state index contributed by atoms with van der Waals surface area (Å²) >= 11 is 0. The van der Waals surface area contributed by atoms with E-state index in [0.717, 1.165) is 38.1 Å². The van der Waals surface area contributed by atoms with E-state index < -0.39 is 21.7 Å². The van der Waals surface area contributed by atoms with Crippen LogP contribution in [0.25, 0.3) is 0 Å². The van der Waals surface area contributed by atoms with E-state index in [9.17, 15) is 13.2 Å². The fourth-order valence-corrected chi connectivity index (χ4v) is 6.53. The molecule has 1 aromatic rings. The van der Waals surface area contributed by atoms with E-state index in [1.54, 1.807) is 10.5 Å². The van der Waals surface area contributed by atoms with Crippen LogP contribution < -0.4 is 5.32 Å². The molecule has 4 aliphatic rings. The van der Waals surface area contributed by atoms with Gasteiger partial charge in [0.25, 0.3) is 5.91 Å². The second-order valence-corrected chi connectivity index (χ2v) is 10.7. The van der Waals surface area contributed by atoms with Crippen molar-refractivity contribution in [2.75, 3.05) is 26.2 Å². The Morgan fingerprint density at radius 3 is 2.76 bits per heavy atom. The standard InChI is InChI=1S/C19H28N4O5S/c24-17(21-12-14-2-1-11-27-14)16-13-22-10-7-20-18(22)19(28-16)5-8-23(9-6-19)29(25,26)15-3-4-15/h7,10,14-16H,1-6,8-9,11-13H2,(H,21,24)/t14-,16-/m1/s1. The molecule has 0 bridgehead atoms. The van der Waals surface area contributed by atoms with Crippen molar-refractivity contribution < 1.29 is 22.7 Å². The Morgan fingerprint density at radius 2 is 2.07 bits per heavy atom. The molecule has 2 saturated heterocycles. The van der Waals surface area contributed by atoms with Crippen molar-refractivity contribution in [3.63, 3.8) is 0 Å². The van der Waals surface area contributed by atoms with Gasteiger partial charge in [-0.3, -0.25) is 4.79 Å². The Kier molecular flexibility index (Phi) is 4.92. The van der Waals surface area contributed by atoms with E-state index in [1.807, 2.05) is 10.8 Å². The lowest BCUT2D eigenvalue weighted by Gasteiger charge is -2.45. The third kappa shape index (κ3) is 3.60. The number of rotatable bonds is 5. The lowest BCUT2D eigenvalue weighted by Crippen LogP contribution is -2.55. The van der Waals surface area contributed by atoms with Crippen molar-refractivity contribution in [3.05, 3.63) is 18.2 Å². The number of hydrogen-bond donors (Lipinski definition) is 1. The number of amides is 1. The lowest BCUT2D eigenvalue weighted by atomic mass is 9.89. The van der Waals surface area contributed by atoms with E-state index in [-0.39, 0.29) is 17.3 Å². The number of piperidine rings is 1. The summed E-state index contributed by atoms with van der Waals surface area (Å²) in [7, 11) is -3.20. The Bertz CT molecular complexity index is 867. The van der Waals surface area contributed by atoms with E-state index in [0.29, 0.717) is 39.0 Å². The molecule has 1 saturated carbocycles. The molecule has 0 radical (unpaired) electrons. The molecule has 10 heteroatoms. The average molecular weight is 425 g/mol. The Morgan fingerprint density at radius 1 is 1.28 bits per heavy atom. The summed E-state index contributed by atoms with van der Waals surface area (Å²) in [6, 6.07) is 0. The predicted molar refractivity (Wildman–Crippen MR) is 104 cm³/mol. The zero-order chi connectivity index (χ0) is 20.1. The quantitative estimate of drug-likeness (QED) is 0.732.